The highest BCUT2D eigenvalue weighted by molar-refractivity contribution is 6.30. The molecule has 1 saturated heterocycles. The van der Waals surface area contributed by atoms with Crippen LogP contribution in [0.5, 0.6) is 5.75 Å². The lowest BCUT2D eigenvalue weighted by atomic mass is 10.3. The highest BCUT2D eigenvalue weighted by Gasteiger charge is 2.22. The molecular formula is C14H15ClN2O6. The van der Waals surface area contributed by atoms with Crippen LogP contribution in [0.25, 0.3) is 0 Å². The number of nitro benzene ring substituents is 1. The Morgan fingerprint density at radius 2 is 2.35 bits per heavy atom. The third-order valence-corrected chi connectivity index (χ3v) is 3.19. The predicted molar refractivity (Wildman–Crippen MR) is 81.4 cm³/mol. The van der Waals surface area contributed by atoms with E-state index < -0.39 is 11.0 Å². The third-order valence-electron chi connectivity index (χ3n) is 2.96. The van der Waals surface area contributed by atoms with E-state index in [0.717, 1.165) is 0 Å². The van der Waals surface area contributed by atoms with Crippen LogP contribution in [-0.4, -0.2) is 42.2 Å². The fourth-order valence-electron chi connectivity index (χ4n) is 1.90. The Balaban J connectivity index is 2.08. The number of nitrogens with zero attached hydrogens (tertiary/aromatic N) is 2. The van der Waals surface area contributed by atoms with Gasteiger partial charge in [0.1, 0.15) is 12.9 Å². The second-order valence-electron chi connectivity index (χ2n) is 4.54. The van der Waals surface area contributed by atoms with Crippen molar-refractivity contribution < 1.29 is 23.9 Å². The van der Waals surface area contributed by atoms with Crippen molar-refractivity contribution in [3.05, 3.63) is 45.4 Å². The average Bonchev–Trinajstić information content (AvgIpc) is 2.54. The first-order chi connectivity index (χ1) is 11.0. The topological polar surface area (TPSA) is 91.1 Å². The zero-order chi connectivity index (χ0) is 16.8. The van der Waals surface area contributed by atoms with Crippen LogP contribution in [0.1, 0.15) is 6.92 Å². The zero-order valence-corrected chi connectivity index (χ0v) is 13.1. The van der Waals surface area contributed by atoms with Gasteiger partial charge in [-0.2, -0.15) is 0 Å². The number of hydrogen-bond donors (Lipinski definition) is 0. The molecule has 0 saturated carbocycles. The minimum atomic E-state index is -0.591. The Bertz CT molecular complexity index is 634. The van der Waals surface area contributed by atoms with Gasteiger partial charge in [0, 0.05) is 11.1 Å². The van der Waals surface area contributed by atoms with E-state index >= 15 is 0 Å². The van der Waals surface area contributed by atoms with Crippen molar-refractivity contribution in [2.75, 3.05) is 26.3 Å². The molecule has 124 valence electrons. The highest BCUT2D eigenvalue weighted by atomic mass is 35.5. The molecule has 1 aliphatic rings. The van der Waals surface area contributed by atoms with Gasteiger partial charge >= 0.3 is 11.8 Å². The van der Waals surface area contributed by atoms with Crippen LogP contribution in [0, 0.1) is 10.1 Å². The zero-order valence-electron chi connectivity index (χ0n) is 12.4. The molecule has 1 heterocycles. The summed E-state index contributed by atoms with van der Waals surface area (Å²) in [5.74, 6) is 0.400. The fourth-order valence-corrected chi connectivity index (χ4v) is 2.07. The van der Waals surface area contributed by atoms with Gasteiger partial charge in [0.2, 0.25) is 5.75 Å². The number of nitro groups is 1. The quantitative estimate of drug-likeness (QED) is 0.474. The first kappa shape index (κ1) is 16.9. The molecule has 8 nitrogen and oxygen atoms in total. The summed E-state index contributed by atoms with van der Waals surface area (Å²) in [6.07, 6.45) is 0.793. The van der Waals surface area contributed by atoms with Crippen LogP contribution in [0.15, 0.2) is 30.2 Å². The van der Waals surface area contributed by atoms with Crippen molar-refractivity contribution >= 4 is 23.4 Å². The van der Waals surface area contributed by atoms with Gasteiger partial charge in [0.05, 0.1) is 24.6 Å². The Labute approximate surface area is 137 Å². The van der Waals surface area contributed by atoms with Crippen molar-refractivity contribution in [1.82, 2.24) is 4.90 Å². The third kappa shape index (κ3) is 4.49. The molecule has 1 amide bonds. The van der Waals surface area contributed by atoms with Gasteiger partial charge < -0.3 is 14.2 Å². The maximum atomic E-state index is 11.7. The van der Waals surface area contributed by atoms with Crippen LogP contribution >= 0.6 is 11.6 Å². The largest absolute Gasteiger partial charge is 0.491 e. The van der Waals surface area contributed by atoms with E-state index in [-0.39, 0.29) is 36.2 Å². The monoisotopic (exact) mass is 342 g/mol. The number of carbonyl (C=O) groups is 1. The van der Waals surface area contributed by atoms with Crippen LogP contribution in [-0.2, 0) is 9.47 Å². The molecule has 0 aromatic heterocycles. The van der Waals surface area contributed by atoms with Gasteiger partial charge in [-0.3, -0.25) is 15.0 Å². The second-order valence-corrected chi connectivity index (χ2v) is 4.98. The van der Waals surface area contributed by atoms with Crippen LogP contribution < -0.4 is 4.74 Å². The summed E-state index contributed by atoms with van der Waals surface area (Å²) < 4.78 is 15.6. The van der Waals surface area contributed by atoms with E-state index in [1.807, 2.05) is 0 Å². The lowest BCUT2D eigenvalue weighted by molar-refractivity contribution is -0.385. The minimum Gasteiger partial charge on any atom is -0.491 e. The number of ether oxygens (including phenoxy) is 3. The Hall–Kier alpha value is -2.48. The first-order valence-electron chi connectivity index (χ1n) is 6.85. The summed E-state index contributed by atoms with van der Waals surface area (Å²) in [5, 5.41) is 11.2. The van der Waals surface area contributed by atoms with Gasteiger partial charge in [0.25, 0.3) is 0 Å². The number of morpholine rings is 1. The van der Waals surface area contributed by atoms with Gasteiger partial charge in [-0.05, 0) is 19.1 Å². The molecule has 2 rings (SSSR count). The number of hydrogen-bond acceptors (Lipinski definition) is 6. The Morgan fingerprint density at radius 3 is 3.04 bits per heavy atom. The maximum Gasteiger partial charge on any atom is 0.410 e. The van der Waals surface area contributed by atoms with Crippen LogP contribution in [0.3, 0.4) is 0 Å². The average molecular weight is 343 g/mol. The van der Waals surface area contributed by atoms with Crippen LogP contribution in [0.2, 0.25) is 5.02 Å². The van der Waals surface area contributed by atoms with Gasteiger partial charge in [0.15, 0.2) is 5.76 Å². The standard InChI is InChI=1S/C14H15ClN2O6/c1-2-21-14(18)16-5-6-22-11(8-16)9-23-13-4-3-10(15)7-12(13)17(19)20/h3-4,7,9H,2,5-6,8H2,1H3. The molecule has 0 aliphatic carbocycles. The summed E-state index contributed by atoms with van der Waals surface area (Å²) in [6.45, 7) is 2.86. The van der Waals surface area contributed by atoms with Gasteiger partial charge in [-0.25, -0.2) is 4.79 Å². The summed E-state index contributed by atoms with van der Waals surface area (Å²) >= 11 is 5.74. The number of rotatable bonds is 4. The first-order valence-corrected chi connectivity index (χ1v) is 7.23. The van der Waals surface area contributed by atoms with Crippen molar-refractivity contribution in [1.29, 1.82) is 0 Å². The summed E-state index contributed by atoms with van der Waals surface area (Å²) in [7, 11) is 0. The van der Waals surface area contributed by atoms with Crippen LogP contribution in [0.4, 0.5) is 10.5 Å². The lowest BCUT2D eigenvalue weighted by Crippen LogP contribution is -2.40. The molecule has 1 aromatic rings. The van der Waals surface area contributed by atoms with Crippen molar-refractivity contribution in [3.8, 4) is 5.75 Å². The number of carbonyl (C=O) groups excluding carboxylic acids is 1. The van der Waals surface area contributed by atoms with E-state index in [1.165, 1.54) is 29.4 Å². The molecule has 0 radical (unpaired) electrons. The molecule has 0 atom stereocenters. The molecule has 1 aliphatic heterocycles. The molecule has 0 bridgehead atoms. The van der Waals surface area contributed by atoms with E-state index in [1.54, 1.807) is 6.92 Å². The molecular weight excluding hydrogens is 328 g/mol. The van der Waals surface area contributed by atoms with Gasteiger partial charge in [-0.15, -0.1) is 0 Å². The second kappa shape index (κ2) is 7.68. The summed E-state index contributed by atoms with van der Waals surface area (Å²) in [5.41, 5.74) is -0.257. The predicted octanol–water partition coefficient (Wildman–Crippen LogP) is 2.96. The highest BCUT2D eigenvalue weighted by Crippen LogP contribution is 2.30. The molecule has 1 aromatic carbocycles. The van der Waals surface area contributed by atoms with E-state index in [0.29, 0.717) is 12.3 Å². The Kier molecular flexibility index (Phi) is 5.64. The summed E-state index contributed by atoms with van der Waals surface area (Å²) in [4.78, 5) is 23.5. The molecule has 0 unspecified atom stereocenters. The molecule has 9 heteroatoms. The van der Waals surface area contributed by atoms with Crippen molar-refractivity contribution in [2.24, 2.45) is 0 Å². The SMILES string of the molecule is CCOC(=O)N1CCOC(=COc2ccc(Cl)cc2[N+](=O)[O-])C1. The van der Waals surface area contributed by atoms with Gasteiger partial charge in [-0.1, -0.05) is 11.6 Å². The van der Waals surface area contributed by atoms with Crippen molar-refractivity contribution in [2.45, 2.75) is 6.92 Å². The fraction of sp³-hybridized carbons (Fsp3) is 0.357. The molecule has 0 N–H and O–H groups in total. The molecule has 0 spiro atoms. The van der Waals surface area contributed by atoms with Crippen molar-refractivity contribution in [3.63, 3.8) is 0 Å². The molecule has 1 fully saturated rings. The molecule has 23 heavy (non-hydrogen) atoms. The van der Waals surface area contributed by atoms with E-state index in [4.69, 9.17) is 25.8 Å². The minimum absolute atomic E-state index is 0.0313. The normalized spacial score (nSPS) is 15.9. The number of benzene rings is 1. The smallest absolute Gasteiger partial charge is 0.410 e. The van der Waals surface area contributed by atoms with E-state index in [9.17, 15) is 14.9 Å². The summed E-state index contributed by atoms with van der Waals surface area (Å²) in [6, 6.07) is 4.07. The maximum absolute atomic E-state index is 11.7. The van der Waals surface area contributed by atoms with E-state index in [2.05, 4.69) is 0 Å². The number of amides is 1. The lowest BCUT2D eigenvalue weighted by Gasteiger charge is -2.27. The number of halogens is 1. The Morgan fingerprint density at radius 1 is 1.57 bits per heavy atom.